The van der Waals surface area contributed by atoms with Gasteiger partial charge >= 0.3 is 0 Å². The maximum Gasteiger partial charge on any atom is 0.238 e. The Kier molecular flexibility index (Phi) is 5.75. The van der Waals surface area contributed by atoms with Gasteiger partial charge in [0.2, 0.25) is 10.0 Å². The van der Waals surface area contributed by atoms with Gasteiger partial charge in [0.15, 0.2) is 0 Å². The quantitative estimate of drug-likeness (QED) is 0.447. The second kappa shape index (κ2) is 8.49. The molecule has 0 aliphatic heterocycles. The van der Waals surface area contributed by atoms with Gasteiger partial charge in [-0.3, -0.25) is 0 Å². The zero-order valence-corrected chi connectivity index (χ0v) is 17.8. The minimum absolute atomic E-state index is 0.0211. The van der Waals surface area contributed by atoms with Crippen LogP contribution in [0, 0.1) is 5.82 Å². The van der Waals surface area contributed by atoms with Crippen LogP contribution in [-0.2, 0) is 10.0 Å². The first-order valence-electron chi connectivity index (χ1n) is 9.96. The number of hydrogen-bond donors (Lipinski definition) is 2. The van der Waals surface area contributed by atoms with Crippen molar-refractivity contribution < 1.29 is 12.8 Å². The van der Waals surface area contributed by atoms with E-state index in [1.165, 1.54) is 12.1 Å². The van der Waals surface area contributed by atoms with Crippen LogP contribution in [0.15, 0.2) is 77.8 Å². The van der Waals surface area contributed by atoms with Gasteiger partial charge in [0.1, 0.15) is 5.82 Å². The monoisotopic (exact) mass is 438 g/mol. The fraction of sp³-hybridized carbons (Fsp3) is 0.174. The van der Waals surface area contributed by atoms with Gasteiger partial charge in [0, 0.05) is 23.5 Å². The number of primary sulfonamides is 1. The minimum atomic E-state index is -3.79. The average Bonchev–Trinajstić information content (AvgIpc) is 3.18. The minimum Gasteiger partial charge on any atom is -0.384 e. The number of hydrogen-bond acceptors (Lipinski definition) is 4. The molecule has 0 saturated heterocycles. The number of nitrogens with two attached hydrogens (primary N) is 1. The Hall–Kier alpha value is -3.23. The van der Waals surface area contributed by atoms with E-state index < -0.39 is 10.0 Å². The summed E-state index contributed by atoms with van der Waals surface area (Å²) in [6, 6.07) is 18.9. The van der Waals surface area contributed by atoms with E-state index in [1.54, 1.807) is 35.1 Å². The van der Waals surface area contributed by atoms with Crippen molar-refractivity contribution >= 4 is 26.6 Å². The molecule has 31 heavy (non-hydrogen) atoms. The van der Waals surface area contributed by atoms with E-state index in [-0.39, 0.29) is 16.6 Å². The number of benzene rings is 3. The van der Waals surface area contributed by atoms with Crippen molar-refractivity contribution in [3.05, 3.63) is 84.3 Å². The molecule has 0 spiro atoms. The fourth-order valence-electron chi connectivity index (χ4n) is 3.72. The lowest BCUT2D eigenvalue weighted by molar-refractivity contribution is 0.592. The molecule has 4 rings (SSSR count). The summed E-state index contributed by atoms with van der Waals surface area (Å²) in [6.45, 7) is 2.57. The third kappa shape index (κ3) is 4.45. The van der Waals surface area contributed by atoms with Crippen LogP contribution in [0.1, 0.15) is 24.8 Å². The molecule has 0 amide bonds. The van der Waals surface area contributed by atoms with E-state index in [1.807, 2.05) is 37.3 Å². The lowest BCUT2D eigenvalue weighted by Crippen LogP contribution is -2.19. The molecule has 1 aromatic heterocycles. The van der Waals surface area contributed by atoms with Crippen LogP contribution in [0.5, 0.6) is 0 Å². The van der Waals surface area contributed by atoms with E-state index in [0.29, 0.717) is 12.1 Å². The van der Waals surface area contributed by atoms with Crippen LogP contribution in [0.3, 0.4) is 0 Å². The summed E-state index contributed by atoms with van der Waals surface area (Å²) in [5, 5.41) is 14.2. The van der Waals surface area contributed by atoms with Crippen molar-refractivity contribution in [3.63, 3.8) is 0 Å². The molecule has 0 saturated carbocycles. The molecule has 4 aromatic rings. The largest absolute Gasteiger partial charge is 0.384 e. The van der Waals surface area contributed by atoms with E-state index in [2.05, 4.69) is 10.4 Å². The topological polar surface area (TPSA) is 90.0 Å². The number of rotatable bonds is 7. The van der Waals surface area contributed by atoms with Crippen molar-refractivity contribution in [1.29, 1.82) is 0 Å². The molecular formula is C23H23FN4O2S. The Morgan fingerprint density at radius 1 is 1.10 bits per heavy atom. The highest BCUT2D eigenvalue weighted by Gasteiger charge is 2.19. The summed E-state index contributed by atoms with van der Waals surface area (Å²) in [5.74, 6) is -0.312. The maximum atomic E-state index is 13.2. The van der Waals surface area contributed by atoms with Crippen LogP contribution < -0.4 is 10.5 Å². The molecule has 0 unspecified atom stereocenters. The smallest absolute Gasteiger partial charge is 0.238 e. The molecule has 0 bridgehead atoms. The maximum absolute atomic E-state index is 13.2. The van der Waals surface area contributed by atoms with Gasteiger partial charge in [-0.25, -0.2) is 22.6 Å². The molecule has 1 heterocycles. The molecule has 3 aromatic carbocycles. The first kappa shape index (κ1) is 21.0. The third-order valence-corrected chi connectivity index (χ3v) is 6.33. The Morgan fingerprint density at radius 2 is 1.84 bits per heavy atom. The standard InChI is InChI=1S/C23H23FN4O2S/c1-2-16(21-5-3-4-6-23(21)31(25,29)30)14-26-19-9-12-22-17(13-19)15-27-28(22)20-10-7-18(24)8-11-20/h3-13,15-16,26H,2,14H2,1H3,(H2,25,29,30)/t16-/m1/s1. The SMILES string of the molecule is CC[C@H](CNc1ccc2c(cnn2-c2ccc(F)cc2)c1)c1ccccc1S(N)(=O)=O. The second-order valence-corrected chi connectivity index (χ2v) is 8.91. The van der Waals surface area contributed by atoms with Gasteiger partial charge < -0.3 is 5.32 Å². The fourth-order valence-corrected chi connectivity index (χ4v) is 4.55. The number of aromatic nitrogens is 2. The van der Waals surface area contributed by atoms with Gasteiger partial charge in [0.05, 0.1) is 22.3 Å². The van der Waals surface area contributed by atoms with Crippen molar-refractivity contribution in [2.24, 2.45) is 5.14 Å². The molecule has 0 aliphatic carbocycles. The summed E-state index contributed by atoms with van der Waals surface area (Å²) in [6.07, 6.45) is 2.52. The number of anilines is 1. The Balaban J connectivity index is 1.56. The van der Waals surface area contributed by atoms with Crippen molar-refractivity contribution in [2.45, 2.75) is 24.2 Å². The first-order chi connectivity index (χ1) is 14.9. The lowest BCUT2D eigenvalue weighted by Gasteiger charge is -2.19. The molecule has 0 radical (unpaired) electrons. The Bertz CT molecular complexity index is 1320. The highest BCUT2D eigenvalue weighted by Crippen LogP contribution is 2.27. The third-order valence-electron chi connectivity index (χ3n) is 5.35. The van der Waals surface area contributed by atoms with Crippen molar-refractivity contribution in [2.75, 3.05) is 11.9 Å². The Labute approximate surface area is 180 Å². The Morgan fingerprint density at radius 3 is 2.55 bits per heavy atom. The molecular weight excluding hydrogens is 415 g/mol. The van der Waals surface area contributed by atoms with Crippen molar-refractivity contribution in [1.82, 2.24) is 9.78 Å². The summed E-state index contributed by atoms with van der Waals surface area (Å²) in [5.41, 5.74) is 3.30. The summed E-state index contributed by atoms with van der Waals surface area (Å²) >= 11 is 0. The van der Waals surface area contributed by atoms with E-state index in [0.717, 1.165) is 28.7 Å². The zero-order valence-electron chi connectivity index (χ0n) is 17.0. The molecule has 8 heteroatoms. The zero-order chi connectivity index (χ0) is 22.0. The highest BCUT2D eigenvalue weighted by molar-refractivity contribution is 7.89. The summed E-state index contributed by atoms with van der Waals surface area (Å²) in [4.78, 5) is 0.166. The predicted molar refractivity (Wildman–Crippen MR) is 120 cm³/mol. The van der Waals surface area contributed by atoms with Crippen LogP contribution in [-0.4, -0.2) is 24.7 Å². The number of nitrogens with one attached hydrogen (secondary N) is 1. The molecule has 0 fully saturated rings. The van der Waals surface area contributed by atoms with Gasteiger partial charge in [-0.2, -0.15) is 5.10 Å². The summed E-state index contributed by atoms with van der Waals surface area (Å²) < 4.78 is 38.9. The van der Waals surface area contributed by atoms with E-state index in [4.69, 9.17) is 5.14 Å². The first-order valence-corrected chi connectivity index (χ1v) is 11.5. The normalized spacial score (nSPS) is 12.7. The van der Waals surface area contributed by atoms with Gasteiger partial charge in [-0.15, -0.1) is 0 Å². The highest BCUT2D eigenvalue weighted by atomic mass is 32.2. The second-order valence-electron chi connectivity index (χ2n) is 7.38. The number of fused-ring (bicyclic) bond motifs is 1. The lowest BCUT2D eigenvalue weighted by atomic mass is 9.96. The average molecular weight is 439 g/mol. The molecule has 160 valence electrons. The molecule has 6 nitrogen and oxygen atoms in total. The van der Waals surface area contributed by atoms with Crippen LogP contribution in [0.25, 0.3) is 16.6 Å². The molecule has 1 atom stereocenters. The van der Waals surface area contributed by atoms with E-state index >= 15 is 0 Å². The predicted octanol–water partition coefficient (Wildman–Crippen LogP) is 4.42. The van der Waals surface area contributed by atoms with Gasteiger partial charge in [-0.05, 0) is 60.5 Å². The van der Waals surface area contributed by atoms with E-state index in [9.17, 15) is 12.8 Å². The molecule has 0 aliphatic rings. The van der Waals surface area contributed by atoms with Gasteiger partial charge in [-0.1, -0.05) is 25.1 Å². The number of halogens is 1. The number of sulfonamides is 1. The number of nitrogens with zero attached hydrogens (tertiary/aromatic N) is 2. The van der Waals surface area contributed by atoms with Gasteiger partial charge in [0.25, 0.3) is 0 Å². The van der Waals surface area contributed by atoms with Crippen LogP contribution in [0.4, 0.5) is 10.1 Å². The molecule has 3 N–H and O–H groups in total. The van der Waals surface area contributed by atoms with Crippen LogP contribution >= 0.6 is 0 Å². The van der Waals surface area contributed by atoms with Crippen molar-refractivity contribution in [3.8, 4) is 5.69 Å². The van der Waals surface area contributed by atoms with Crippen LogP contribution in [0.2, 0.25) is 0 Å². The summed E-state index contributed by atoms with van der Waals surface area (Å²) in [7, 11) is -3.79.